The molecule has 0 fully saturated rings. The molecule has 3 N–H and O–H groups in total. The molecule has 1 aromatic heterocycles. The number of aromatic nitrogens is 1. The second kappa shape index (κ2) is 7.61. The van der Waals surface area contributed by atoms with Crippen molar-refractivity contribution < 1.29 is 24.9 Å². The second-order valence-corrected chi connectivity index (χ2v) is 9.07. The summed E-state index contributed by atoms with van der Waals surface area (Å²) < 4.78 is 7.19. The second-order valence-electron chi connectivity index (χ2n) is 9.07. The number of carboxylic acid groups (broad SMARTS) is 1. The lowest BCUT2D eigenvalue weighted by molar-refractivity contribution is -0.142. The van der Waals surface area contributed by atoms with Gasteiger partial charge in [-0.3, -0.25) is 9.36 Å². The van der Waals surface area contributed by atoms with Crippen LogP contribution in [0.5, 0.6) is 11.5 Å². The van der Waals surface area contributed by atoms with Crippen LogP contribution in [0.2, 0.25) is 0 Å². The minimum atomic E-state index is -1.08. The number of nitrogens with zero attached hydrogens (tertiary/aromatic N) is 1. The molecule has 1 aliphatic heterocycles. The summed E-state index contributed by atoms with van der Waals surface area (Å²) in [4.78, 5) is 25.5. The molecule has 0 saturated heterocycles. The van der Waals surface area contributed by atoms with Gasteiger partial charge >= 0.3 is 5.97 Å². The van der Waals surface area contributed by atoms with E-state index in [2.05, 4.69) is 0 Å². The summed E-state index contributed by atoms with van der Waals surface area (Å²) in [5, 5.41) is 31.8. The molecule has 2 aromatic rings. The van der Waals surface area contributed by atoms with Gasteiger partial charge in [0, 0.05) is 22.7 Å². The first kappa shape index (κ1) is 22.2. The normalized spacial score (nSPS) is 18.6. The monoisotopic (exact) mass is 417 g/mol. The minimum Gasteiger partial charge on any atom is -0.507 e. The van der Waals surface area contributed by atoms with Crippen molar-refractivity contribution in [2.24, 2.45) is 11.8 Å². The quantitative estimate of drug-likeness (QED) is 0.689. The average Bonchev–Trinajstić information content (AvgIpc) is 2.66. The molecule has 3 rings (SSSR count). The van der Waals surface area contributed by atoms with Gasteiger partial charge in [-0.1, -0.05) is 20.3 Å². The number of rotatable bonds is 5. The van der Waals surface area contributed by atoms with Crippen LogP contribution < -0.4 is 10.3 Å². The van der Waals surface area contributed by atoms with Crippen LogP contribution in [0.25, 0.3) is 10.8 Å². The summed E-state index contributed by atoms with van der Waals surface area (Å²) in [6.45, 7) is 10.8. The predicted molar refractivity (Wildman–Crippen MR) is 114 cm³/mol. The van der Waals surface area contributed by atoms with Crippen molar-refractivity contribution in [1.29, 1.82) is 0 Å². The highest BCUT2D eigenvalue weighted by atomic mass is 16.5. The van der Waals surface area contributed by atoms with Crippen LogP contribution in [0.1, 0.15) is 57.0 Å². The molecule has 7 nitrogen and oxygen atoms in total. The molecule has 0 radical (unpaired) electrons. The smallest absolute Gasteiger partial charge is 0.327 e. The Hall–Kier alpha value is -2.54. The Bertz CT molecular complexity index is 1060. The Morgan fingerprint density at radius 2 is 2.00 bits per heavy atom. The van der Waals surface area contributed by atoms with Crippen molar-refractivity contribution in [3.05, 3.63) is 33.2 Å². The fraction of sp³-hybridized carbons (Fsp3) is 0.565. The Labute approximate surface area is 175 Å². The van der Waals surface area contributed by atoms with Crippen LogP contribution in [0.4, 0.5) is 0 Å². The fourth-order valence-corrected chi connectivity index (χ4v) is 4.38. The van der Waals surface area contributed by atoms with Gasteiger partial charge in [-0.2, -0.15) is 0 Å². The molecule has 1 aliphatic rings. The zero-order valence-electron chi connectivity index (χ0n) is 18.4. The summed E-state index contributed by atoms with van der Waals surface area (Å²) in [7, 11) is 0. The van der Waals surface area contributed by atoms with Crippen molar-refractivity contribution in [1.82, 2.24) is 4.57 Å². The van der Waals surface area contributed by atoms with Gasteiger partial charge in [0.2, 0.25) is 0 Å². The van der Waals surface area contributed by atoms with Gasteiger partial charge in [0.15, 0.2) is 0 Å². The number of hydrogen-bond acceptors (Lipinski definition) is 5. The molecular weight excluding hydrogens is 386 g/mol. The number of fused-ring (bicyclic) bond motifs is 3. The summed E-state index contributed by atoms with van der Waals surface area (Å²) in [5.41, 5.74) is 0.240. The number of hydrogen-bond donors (Lipinski definition) is 3. The van der Waals surface area contributed by atoms with Gasteiger partial charge in [-0.05, 0) is 51.5 Å². The molecule has 2 heterocycles. The molecule has 0 saturated carbocycles. The van der Waals surface area contributed by atoms with Gasteiger partial charge in [0.1, 0.15) is 17.5 Å². The van der Waals surface area contributed by atoms with Crippen LogP contribution >= 0.6 is 0 Å². The average molecular weight is 418 g/mol. The van der Waals surface area contributed by atoms with Crippen molar-refractivity contribution in [3.63, 3.8) is 0 Å². The number of pyridine rings is 1. The predicted octanol–water partition coefficient (Wildman–Crippen LogP) is 3.32. The SMILES string of the molecule is CCC(C)[C@@H](C(=O)O)n1c(C)cc2c3c(c(C)c(O)c2c1=O)OC[C@H](C(C)(C)O)C3. The first-order chi connectivity index (χ1) is 13.9. The molecule has 30 heavy (non-hydrogen) atoms. The highest BCUT2D eigenvalue weighted by molar-refractivity contribution is 5.94. The third kappa shape index (κ3) is 3.45. The van der Waals surface area contributed by atoms with E-state index in [1.807, 2.05) is 6.92 Å². The minimum absolute atomic E-state index is 0.103. The number of aromatic hydroxyl groups is 1. The molecule has 0 bridgehead atoms. The maximum atomic E-state index is 13.5. The van der Waals surface area contributed by atoms with Gasteiger partial charge in [0.05, 0.1) is 17.6 Å². The van der Waals surface area contributed by atoms with E-state index >= 15 is 0 Å². The fourth-order valence-electron chi connectivity index (χ4n) is 4.38. The third-order valence-corrected chi connectivity index (χ3v) is 6.56. The Balaban J connectivity index is 2.35. The maximum Gasteiger partial charge on any atom is 0.327 e. The van der Waals surface area contributed by atoms with E-state index in [0.717, 1.165) is 5.56 Å². The lowest BCUT2D eigenvalue weighted by atomic mass is 9.82. The standard InChI is InChI=1S/C23H31NO6/c1-7-11(2)18(22(27)28)24-12(3)8-15-16-9-14(23(5,6)29)10-30-20(16)13(4)19(25)17(15)21(24)26/h8,11,14,18,25,29H,7,9-10H2,1-6H3,(H,27,28)/t11?,14-,18+/m1/s1. The van der Waals surface area contributed by atoms with Crippen LogP contribution in [-0.4, -0.2) is 38.1 Å². The van der Waals surface area contributed by atoms with Crippen molar-refractivity contribution in [2.75, 3.05) is 6.61 Å². The number of phenolic OH excluding ortho intramolecular Hbond substituents is 1. The number of ether oxygens (including phenoxy) is 1. The van der Waals surface area contributed by atoms with Crippen LogP contribution in [0.15, 0.2) is 10.9 Å². The van der Waals surface area contributed by atoms with E-state index < -0.39 is 23.2 Å². The Morgan fingerprint density at radius 3 is 2.53 bits per heavy atom. The third-order valence-electron chi connectivity index (χ3n) is 6.56. The van der Waals surface area contributed by atoms with Crippen molar-refractivity contribution in [2.45, 2.75) is 66.0 Å². The molecule has 0 aliphatic carbocycles. The van der Waals surface area contributed by atoms with E-state index in [1.165, 1.54) is 4.57 Å². The van der Waals surface area contributed by atoms with Crippen LogP contribution in [0, 0.1) is 25.7 Å². The largest absolute Gasteiger partial charge is 0.507 e. The Kier molecular flexibility index (Phi) is 5.62. The highest BCUT2D eigenvalue weighted by Gasteiger charge is 2.36. The molecule has 0 spiro atoms. The van der Waals surface area contributed by atoms with Gasteiger partial charge in [-0.15, -0.1) is 0 Å². The van der Waals surface area contributed by atoms with Gasteiger partial charge < -0.3 is 20.1 Å². The number of aryl methyl sites for hydroxylation is 1. The van der Waals surface area contributed by atoms with Gasteiger partial charge in [0.25, 0.3) is 5.56 Å². The van der Waals surface area contributed by atoms with E-state index in [1.54, 1.807) is 40.7 Å². The number of carboxylic acids is 1. The molecule has 0 amide bonds. The number of aliphatic carboxylic acids is 1. The first-order valence-corrected chi connectivity index (χ1v) is 10.4. The van der Waals surface area contributed by atoms with Crippen LogP contribution in [-0.2, 0) is 11.2 Å². The summed E-state index contributed by atoms with van der Waals surface area (Å²) in [6.07, 6.45) is 1.09. The lowest BCUT2D eigenvalue weighted by Gasteiger charge is -2.35. The molecule has 164 valence electrons. The number of phenols is 1. The summed E-state index contributed by atoms with van der Waals surface area (Å²) >= 11 is 0. The molecule has 3 atom stereocenters. The number of aliphatic hydroxyl groups is 1. The zero-order valence-corrected chi connectivity index (χ0v) is 18.4. The molecular formula is C23H31NO6. The molecule has 7 heteroatoms. The van der Waals surface area contributed by atoms with Crippen LogP contribution in [0.3, 0.4) is 0 Å². The summed E-state index contributed by atoms with van der Waals surface area (Å²) in [5.74, 6) is -1.16. The van der Waals surface area contributed by atoms with E-state index in [4.69, 9.17) is 4.74 Å². The topological polar surface area (TPSA) is 109 Å². The molecule has 1 unspecified atom stereocenters. The maximum absolute atomic E-state index is 13.5. The van der Waals surface area contributed by atoms with E-state index in [9.17, 15) is 24.9 Å². The van der Waals surface area contributed by atoms with Crippen molar-refractivity contribution >= 4 is 16.7 Å². The number of benzene rings is 1. The zero-order chi connectivity index (χ0) is 22.5. The van der Waals surface area contributed by atoms with E-state index in [-0.39, 0.29) is 23.0 Å². The number of carbonyl (C=O) groups is 1. The Morgan fingerprint density at radius 1 is 1.37 bits per heavy atom. The summed E-state index contributed by atoms with van der Waals surface area (Å²) in [6, 6.07) is 0.728. The van der Waals surface area contributed by atoms with E-state index in [0.29, 0.717) is 41.8 Å². The van der Waals surface area contributed by atoms with Gasteiger partial charge in [-0.25, -0.2) is 4.79 Å². The molecule has 1 aromatic carbocycles. The lowest BCUT2D eigenvalue weighted by Crippen LogP contribution is -2.39. The first-order valence-electron chi connectivity index (χ1n) is 10.4. The highest BCUT2D eigenvalue weighted by Crippen LogP contribution is 2.43. The van der Waals surface area contributed by atoms with Crippen molar-refractivity contribution in [3.8, 4) is 11.5 Å².